The number of carbonyl (C=O) groups is 22. The SMILES string of the molecule is O=C(O)O.O=C(O)O.O=C(O)O.O=C(O)O.O=C(O)O.O=C(O)O.O=C(O)O.O=C(O)O.O=C(O)O.O=C(O)O.O=C(O)O.O=C(O)O.O=C(O)O.O=C(O)O.O=C(O)O.O=C(O)O.O=C(O)O.O=C(O)O.O=C(O)O.O=C(O)O.O=C(O)O.O=C(O)O.[Ca+2].[Ca+2].[Ca+2].[Ca+2].[Ca+2].[Ca+2].[Ca+2].[Ca+2].[Ca+2].[Ca+2].[Ca+2].[Ca+2].[Ca+2].[Ca+2].[Ca+2].[Ca+2].[Ca+2].[Ca+2].[Ca+2].[Ca+2].[Ca+2].[Ca+2].[Ca+2].[Ca+2].[Ca+2]. The molecule has 0 aliphatic rings. The molecule has 0 aliphatic carbocycles. The van der Waals surface area contributed by atoms with E-state index in [1.54, 1.807) is 0 Å². The first-order chi connectivity index (χ1) is 38.1. The number of carboxylic acid groups (broad SMARTS) is 44. The molecule has 0 aromatic carbocycles. The zero-order valence-corrected chi connectivity index (χ0v) is 113. The van der Waals surface area contributed by atoms with E-state index >= 15 is 0 Å². The number of rotatable bonds is 0. The van der Waals surface area contributed by atoms with Gasteiger partial charge in [-0.05, 0) is 0 Å². The summed E-state index contributed by atoms with van der Waals surface area (Å²) in [4.78, 5) is 188. The van der Waals surface area contributed by atoms with Crippen molar-refractivity contribution in [3.05, 3.63) is 0 Å². The summed E-state index contributed by atoms with van der Waals surface area (Å²) in [5, 5.41) is 307. The molecule has 528 valence electrons. The fourth-order valence-electron chi connectivity index (χ4n) is 0. The maximum Gasteiger partial charge on any atom is 2.00 e. The Morgan fingerprint density at radius 2 is 0.0619 bits per heavy atom. The summed E-state index contributed by atoms with van der Waals surface area (Å²) in [5.74, 6) is 0. The Hall–Kier alpha value is 15.4. The summed E-state index contributed by atoms with van der Waals surface area (Å²) in [6.07, 6.45) is -40.3. The molecule has 0 fully saturated rings. The molecule has 91 heteroatoms. The Kier molecular flexibility index (Phi) is 855. The smallest absolute Gasteiger partial charge is 0.450 e. The first-order valence-electron chi connectivity index (χ1n) is 14.3. The second-order valence-corrected chi connectivity index (χ2v) is 6.22. The van der Waals surface area contributed by atoms with Crippen LogP contribution in [-0.2, 0) is 0 Å². The van der Waals surface area contributed by atoms with E-state index in [4.69, 9.17) is 330 Å². The molecule has 0 heterocycles. The van der Waals surface area contributed by atoms with Crippen molar-refractivity contribution in [1.82, 2.24) is 0 Å². The van der Waals surface area contributed by atoms with Crippen molar-refractivity contribution in [1.29, 1.82) is 0 Å². The van der Waals surface area contributed by atoms with Crippen molar-refractivity contribution in [3.63, 3.8) is 0 Å². The van der Waals surface area contributed by atoms with Gasteiger partial charge in [0, 0.05) is 0 Å². The number of hydrogen-bond acceptors (Lipinski definition) is 22. The van der Waals surface area contributed by atoms with Gasteiger partial charge in [-0.3, -0.25) is 0 Å². The van der Waals surface area contributed by atoms with Gasteiger partial charge in [0.2, 0.25) is 0 Å². The predicted octanol–water partition coefficient (Wildman–Crippen LogP) is -4.63. The quantitative estimate of drug-likeness (QED) is 0.101. The third-order valence-electron chi connectivity index (χ3n) is 0. The van der Waals surface area contributed by atoms with Gasteiger partial charge in [0.25, 0.3) is 0 Å². The normalized spacial score (nSPS) is 4.67. The van der Waals surface area contributed by atoms with Gasteiger partial charge < -0.3 is 225 Å². The summed E-state index contributed by atoms with van der Waals surface area (Å²) in [7, 11) is 0. The van der Waals surface area contributed by atoms with E-state index < -0.39 is 135 Å². The molecular weight excluding hydrogens is 2320 g/mol. The van der Waals surface area contributed by atoms with Crippen LogP contribution in [0.15, 0.2) is 0 Å². The van der Waals surface area contributed by atoms with Crippen molar-refractivity contribution >= 4 is 1080 Å². The van der Waals surface area contributed by atoms with Crippen molar-refractivity contribution in [3.8, 4) is 0 Å². The van der Waals surface area contributed by atoms with E-state index in [0.717, 1.165) is 0 Å². The van der Waals surface area contributed by atoms with Crippen LogP contribution in [0.5, 0.6) is 0 Å². The summed E-state index contributed by atoms with van der Waals surface area (Å²) in [6, 6.07) is 0. The first kappa shape index (κ1) is 315. The molecule has 0 spiro atoms. The van der Waals surface area contributed by atoms with Crippen LogP contribution in [0.2, 0.25) is 0 Å². The molecule has 113 heavy (non-hydrogen) atoms. The standard InChI is InChI=1S/22CH2O3.25Ca/c22*2-1(3)4;;;;;;;;;;;;;;;;;;;;;;;;;/h22*(H2,2,3,4);;;;;;;;;;;;;;;;;;;;;;;;;/q;;;;;;;;;;;;;;;;;;;;;;25*+2. The molecular formula is C22H44Ca25O66+50. The van der Waals surface area contributed by atoms with Gasteiger partial charge in [0.1, 0.15) is 0 Å². The molecule has 44 N–H and O–H groups in total. The predicted molar refractivity (Wildman–Crippen MR) is 378 cm³/mol. The van der Waals surface area contributed by atoms with Crippen LogP contribution in [0.1, 0.15) is 0 Å². The average molecular weight is 2370 g/mol. The summed E-state index contributed by atoms with van der Waals surface area (Å²) in [6.45, 7) is 0. The minimum atomic E-state index is -1.83. The van der Waals surface area contributed by atoms with Crippen molar-refractivity contribution in [2.24, 2.45) is 0 Å². The van der Waals surface area contributed by atoms with Crippen LogP contribution < -0.4 is 0 Å². The zero-order chi connectivity index (χ0) is 78.7. The van der Waals surface area contributed by atoms with Crippen LogP contribution in [0.4, 0.5) is 105 Å². The van der Waals surface area contributed by atoms with Gasteiger partial charge in [-0.15, -0.1) is 0 Å². The van der Waals surface area contributed by atoms with E-state index in [9.17, 15) is 0 Å². The molecule has 0 saturated heterocycles. The molecule has 66 nitrogen and oxygen atoms in total. The van der Waals surface area contributed by atoms with Gasteiger partial charge in [-0.1, -0.05) is 0 Å². The molecule has 0 amide bonds. The van der Waals surface area contributed by atoms with Gasteiger partial charge >= 0.3 is 1080 Å². The van der Waals surface area contributed by atoms with Gasteiger partial charge in [-0.2, -0.15) is 0 Å². The molecule has 0 aromatic rings. The maximum absolute atomic E-state index is 8.56. The van der Waals surface area contributed by atoms with E-state index in [-0.39, 0.29) is 943 Å². The minimum Gasteiger partial charge on any atom is -0.450 e. The number of hydrogen-bond donors (Lipinski definition) is 44. The third kappa shape index (κ3) is 8420. The van der Waals surface area contributed by atoms with Gasteiger partial charge in [0.05, 0.1) is 0 Å². The van der Waals surface area contributed by atoms with Crippen LogP contribution in [0.25, 0.3) is 0 Å². The first-order valence-corrected chi connectivity index (χ1v) is 14.3. The monoisotopic (exact) mass is 2360 g/mol. The molecule has 0 aliphatic heterocycles. The van der Waals surface area contributed by atoms with Crippen LogP contribution in [0, 0.1) is 0 Å². The summed E-state index contributed by atoms with van der Waals surface area (Å²) in [5.41, 5.74) is 0. The van der Waals surface area contributed by atoms with Crippen LogP contribution in [-0.4, -0.2) is 1300 Å². The van der Waals surface area contributed by atoms with Crippen molar-refractivity contribution in [2.75, 3.05) is 0 Å². The van der Waals surface area contributed by atoms with E-state index in [1.165, 1.54) is 0 Å². The molecule has 0 atom stereocenters. The fraction of sp³-hybridized carbons (Fsp3) is 0. The molecule has 0 radical (unpaired) electrons. The van der Waals surface area contributed by atoms with Crippen molar-refractivity contribution < 1.29 is 330 Å². The third-order valence-corrected chi connectivity index (χ3v) is 0. The molecule has 0 bridgehead atoms. The largest absolute Gasteiger partial charge is 2.00 e. The second-order valence-electron chi connectivity index (χ2n) is 6.22. The van der Waals surface area contributed by atoms with Gasteiger partial charge in [-0.25, -0.2) is 105 Å². The molecule has 0 unspecified atom stereocenters. The Labute approximate surface area is 1370 Å². The second kappa shape index (κ2) is 307. The van der Waals surface area contributed by atoms with E-state index in [2.05, 4.69) is 0 Å². The Morgan fingerprint density at radius 1 is 0.0619 bits per heavy atom. The average Bonchev–Trinajstić information content (AvgIpc) is 3.06. The fourth-order valence-corrected chi connectivity index (χ4v) is 0. The summed E-state index contributed by atoms with van der Waals surface area (Å²) < 4.78 is 0. The molecule has 0 aromatic heterocycles. The molecule has 0 saturated carbocycles. The van der Waals surface area contributed by atoms with E-state index in [1.807, 2.05) is 0 Å². The van der Waals surface area contributed by atoms with Crippen molar-refractivity contribution in [2.45, 2.75) is 0 Å². The topological polar surface area (TPSA) is 1270 Å². The van der Waals surface area contributed by atoms with E-state index in [0.29, 0.717) is 0 Å². The Morgan fingerprint density at radius 3 is 0.0619 bits per heavy atom. The van der Waals surface area contributed by atoms with Gasteiger partial charge in [0.15, 0.2) is 0 Å². The minimum absolute atomic E-state index is 0. The molecule has 0 rings (SSSR count). The Bertz CT molecular complexity index is 1250. The Balaban J connectivity index is -0.00000000888. The van der Waals surface area contributed by atoms with Crippen LogP contribution in [0.3, 0.4) is 0 Å². The summed E-state index contributed by atoms with van der Waals surface area (Å²) >= 11 is 0. The van der Waals surface area contributed by atoms with Crippen LogP contribution >= 0.6 is 0 Å². The zero-order valence-electron chi connectivity index (χ0n) is 57.3. The maximum atomic E-state index is 8.56.